The quantitative estimate of drug-likeness (QED) is 0.463. The molecule has 0 saturated carbocycles. The lowest BCUT2D eigenvalue weighted by molar-refractivity contribution is 0.0999. The van der Waals surface area contributed by atoms with Crippen LogP contribution in [0.5, 0.6) is 0 Å². The van der Waals surface area contributed by atoms with Crippen LogP contribution in [0.25, 0.3) is 22.0 Å². The molecule has 0 fully saturated rings. The van der Waals surface area contributed by atoms with Crippen molar-refractivity contribution in [2.75, 3.05) is 0 Å². The summed E-state index contributed by atoms with van der Waals surface area (Å²) in [5.74, 6) is -0.415. The van der Waals surface area contributed by atoms with Crippen molar-refractivity contribution in [1.29, 1.82) is 0 Å². The average Bonchev–Trinajstić information content (AvgIpc) is 2.98. The Hall–Kier alpha value is -3.23. The van der Waals surface area contributed by atoms with Crippen LogP contribution in [0.2, 0.25) is 0 Å². The summed E-state index contributed by atoms with van der Waals surface area (Å²) in [5.41, 5.74) is 13.1. The van der Waals surface area contributed by atoms with Crippen molar-refractivity contribution in [3.05, 3.63) is 94.7 Å². The lowest BCUT2D eigenvalue weighted by Gasteiger charge is -2.11. The number of hydrogen-bond acceptors (Lipinski definition) is 2. The van der Waals surface area contributed by atoms with E-state index in [0.717, 1.165) is 45.4 Å². The number of benzene rings is 3. The topological polar surface area (TPSA) is 65.1 Å². The van der Waals surface area contributed by atoms with Crippen LogP contribution in [-0.2, 0) is 6.54 Å². The van der Waals surface area contributed by atoms with E-state index in [1.54, 1.807) is 6.07 Å². The molecule has 0 spiro atoms. The van der Waals surface area contributed by atoms with E-state index in [0.29, 0.717) is 11.1 Å². The summed E-state index contributed by atoms with van der Waals surface area (Å²) in [5, 5.41) is 1.05. The van der Waals surface area contributed by atoms with Crippen LogP contribution in [0.4, 0.5) is 0 Å². The zero-order chi connectivity index (χ0) is 21.4. The lowest BCUT2D eigenvalue weighted by Crippen LogP contribution is -2.10. The molecule has 0 aliphatic carbocycles. The summed E-state index contributed by atoms with van der Waals surface area (Å²) in [6.45, 7) is 4.88. The van der Waals surface area contributed by atoms with Crippen molar-refractivity contribution in [3.8, 4) is 11.1 Å². The molecule has 1 unspecified atom stereocenters. The fourth-order valence-electron chi connectivity index (χ4n) is 3.93. The number of fused-ring (bicyclic) bond motifs is 1. The molecule has 0 saturated heterocycles. The number of amides is 1. The Morgan fingerprint density at radius 3 is 2.33 bits per heavy atom. The molecule has 1 heterocycles. The highest BCUT2D eigenvalue weighted by molar-refractivity contribution is 7.41. The first-order valence-electron chi connectivity index (χ1n) is 9.74. The van der Waals surface area contributed by atoms with Crippen molar-refractivity contribution < 1.29 is 9.59 Å². The second-order valence-corrected chi connectivity index (χ2v) is 8.02. The Labute approximate surface area is 177 Å². The third kappa shape index (κ3) is 3.55. The van der Waals surface area contributed by atoms with E-state index in [2.05, 4.69) is 51.9 Å². The molecule has 1 aromatic heterocycles. The van der Waals surface area contributed by atoms with Gasteiger partial charge >= 0.3 is 0 Å². The van der Waals surface area contributed by atoms with Crippen LogP contribution >= 0.6 is 9.24 Å². The summed E-state index contributed by atoms with van der Waals surface area (Å²) in [4.78, 5) is 23.5. The van der Waals surface area contributed by atoms with Crippen LogP contribution < -0.4 is 5.73 Å². The van der Waals surface area contributed by atoms with Gasteiger partial charge in [-0.3, -0.25) is 9.59 Å². The molecule has 0 bridgehead atoms. The Balaban J connectivity index is 1.69. The van der Waals surface area contributed by atoms with Crippen molar-refractivity contribution in [2.45, 2.75) is 20.4 Å². The fourth-order valence-corrected chi connectivity index (χ4v) is 4.18. The van der Waals surface area contributed by atoms with Gasteiger partial charge in [-0.15, -0.1) is 0 Å². The number of carbonyl (C=O) groups excluding carboxylic acids is 2. The van der Waals surface area contributed by atoms with Crippen LogP contribution in [0.1, 0.15) is 37.5 Å². The second kappa shape index (κ2) is 7.89. The number of aryl methyl sites for hydroxylation is 1. The first-order valence-corrected chi connectivity index (χ1v) is 10.3. The molecular weight excluding hydrogens is 391 g/mol. The molecule has 30 heavy (non-hydrogen) atoms. The normalized spacial score (nSPS) is 11.0. The molecule has 4 rings (SSSR count). The third-order valence-corrected chi connectivity index (χ3v) is 6.03. The van der Waals surface area contributed by atoms with E-state index >= 15 is 0 Å². The smallest absolute Gasteiger partial charge is 0.248 e. The number of hydrogen-bond donors (Lipinski definition) is 1. The van der Waals surface area contributed by atoms with Gasteiger partial charge < -0.3 is 10.3 Å². The zero-order valence-corrected chi connectivity index (χ0v) is 18.1. The fraction of sp³-hybridized carbons (Fsp3) is 0.120. The van der Waals surface area contributed by atoms with E-state index in [1.807, 2.05) is 36.4 Å². The molecule has 1 amide bonds. The van der Waals surface area contributed by atoms with Gasteiger partial charge in [0.25, 0.3) is 0 Å². The minimum Gasteiger partial charge on any atom is -0.366 e. The van der Waals surface area contributed by atoms with Gasteiger partial charge in [0.05, 0.1) is 0 Å². The zero-order valence-electron chi connectivity index (χ0n) is 17.0. The monoisotopic (exact) mass is 414 g/mol. The largest absolute Gasteiger partial charge is 0.366 e. The van der Waals surface area contributed by atoms with Gasteiger partial charge in [0.2, 0.25) is 5.91 Å². The lowest BCUT2D eigenvalue weighted by atomic mass is 9.99. The molecule has 0 radical (unpaired) electrons. The van der Waals surface area contributed by atoms with Gasteiger partial charge in [-0.05, 0) is 54.3 Å². The second-order valence-electron chi connectivity index (χ2n) is 7.50. The summed E-state index contributed by atoms with van der Waals surface area (Å²) in [6, 6.07) is 21.5. The molecule has 5 heteroatoms. The van der Waals surface area contributed by atoms with E-state index in [9.17, 15) is 9.59 Å². The molecule has 150 valence electrons. The third-order valence-electron chi connectivity index (χ3n) is 5.72. The predicted octanol–water partition coefficient (Wildman–Crippen LogP) is 5.09. The SMILES string of the molecule is Cc1c(C)n(Cc2ccc(-c3ccccc3C(=O)P)cc2)c2ccc(C(N)=O)cc12. The summed E-state index contributed by atoms with van der Waals surface area (Å²) >= 11 is 0. The maximum absolute atomic E-state index is 11.9. The number of nitrogens with zero attached hydrogens (tertiary/aromatic N) is 1. The minimum absolute atomic E-state index is 0.0186. The van der Waals surface area contributed by atoms with Gasteiger partial charge in [0.1, 0.15) is 0 Å². The number of nitrogens with two attached hydrogens (primary N) is 1. The van der Waals surface area contributed by atoms with Crippen molar-refractivity contribution in [3.63, 3.8) is 0 Å². The molecule has 3 aromatic carbocycles. The maximum Gasteiger partial charge on any atom is 0.248 e. The predicted molar refractivity (Wildman–Crippen MR) is 125 cm³/mol. The molecule has 1 atom stereocenters. The molecule has 4 aromatic rings. The Bertz CT molecular complexity index is 1290. The Kier molecular flexibility index (Phi) is 5.27. The van der Waals surface area contributed by atoms with Gasteiger partial charge in [-0.1, -0.05) is 57.8 Å². The van der Waals surface area contributed by atoms with Crippen LogP contribution in [0, 0.1) is 13.8 Å². The van der Waals surface area contributed by atoms with Crippen molar-refractivity contribution in [1.82, 2.24) is 4.57 Å². The first-order chi connectivity index (χ1) is 14.4. The van der Waals surface area contributed by atoms with Crippen LogP contribution in [-0.4, -0.2) is 16.0 Å². The molecule has 0 aliphatic heterocycles. The number of carbonyl (C=O) groups is 2. The standard InChI is InChI=1S/C25H23N2O2P/c1-15-16(2)27(23-12-11-19(24(26)28)13-22(15)23)14-17-7-9-18(10-8-17)20-5-3-4-6-21(20)25(29)30/h3-13H,14,30H2,1-2H3,(H2,26,28). The summed E-state index contributed by atoms with van der Waals surface area (Å²) in [7, 11) is 2.25. The summed E-state index contributed by atoms with van der Waals surface area (Å²) in [6.07, 6.45) is 0. The van der Waals surface area contributed by atoms with Gasteiger partial charge in [-0.25, -0.2) is 0 Å². The van der Waals surface area contributed by atoms with E-state index < -0.39 is 5.91 Å². The van der Waals surface area contributed by atoms with E-state index in [4.69, 9.17) is 5.73 Å². The first kappa shape index (κ1) is 20.1. The van der Waals surface area contributed by atoms with E-state index in [-0.39, 0.29) is 5.52 Å². The van der Waals surface area contributed by atoms with Crippen LogP contribution in [0.15, 0.2) is 66.7 Å². The number of rotatable bonds is 5. The van der Waals surface area contributed by atoms with Gasteiger partial charge in [0.15, 0.2) is 5.52 Å². The number of aromatic nitrogens is 1. The Morgan fingerprint density at radius 2 is 1.67 bits per heavy atom. The van der Waals surface area contributed by atoms with E-state index in [1.165, 1.54) is 0 Å². The molecule has 2 N–H and O–H groups in total. The Morgan fingerprint density at radius 1 is 0.967 bits per heavy atom. The highest BCUT2D eigenvalue weighted by atomic mass is 31.0. The maximum atomic E-state index is 11.9. The van der Waals surface area contributed by atoms with Crippen molar-refractivity contribution in [2.24, 2.45) is 5.73 Å². The highest BCUT2D eigenvalue weighted by Crippen LogP contribution is 2.29. The average molecular weight is 414 g/mol. The van der Waals surface area contributed by atoms with Gasteiger partial charge in [-0.2, -0.15) is 0 Å². The highest BCUT2D eigenvalue weighted by Gasteiger charge is 2.14. The summed E-state index contributed by atoms with van der Waals surface area (Å²) < 4.78 is 2.25. The minimum atomic E-state index is -0.415. The van der Waals surface area contributed by atoms with Crippen molar-refractivity contribution >= 4 is 31.6 Å². The van der Waals surface area contributed by atoms with Gasteiger partial charge in [0, 0.05) is 34.3 Å². The molecular formula is C25H23N2O2P. The van der Waals surface area contributed by atoms with Crippen LogP contribution in [0.3, 0.4) is 0 Å². The molecule has 0 aliphatic rings. The number of primary amides is 1. The molecule has 4 nitrogen and oxygen atoms in total.